The number of nitrogens with two attached hydrogens (primary N) is 1. The molecule has 6 N–H and O–H groups in total. The van der Waals surface area contributed by atoms with Gasteiger partial charge >= 0.3 is 48.7 Å². The number of carbonyl (C=O) groups is 5. The number of rotatable bonds is 17. The van der Waals surface area contributed by atoms with Crippen LogP contribution >= 0.6 is 46.4 Å². The van der Waals surface area contributed by atoms with Crippen LogP contribution in [0.1, 0.15) is 104 Å². The minimum Gasteiger partial charge on any atom is -0.870 e. The predicted octanol–water partition coefficient (Wildman–Crippen LogP) is 3.95. The molecule has 1 aliphatic heterocycles. The molecular formula is C43H106Cl4LiN5O16. The van der Waals surface area contributed by atoms with Crippen LogP contribution in [0.5, 0.6) is 0 Å². The van der Waals surface area contributed by atoms with E-state index in [-0.39, 0.29) is 105 Å². The zero-order chi connectivity index (χ0) is 51.2. The maximum absolute atomic E-state index is 9.96. The van der Waals surface area contributed by atoms with E-state index in [0.29, 0.717) is 62.3 Å². The SMILES string of the molecule is C.C.C.C.C.C1CO1.CCC(=O)O.CCC(=O)OC.CCC(=O)OC.CCC(=O)OC.CCC(=O)OC.CN.CN(CCCl)CCCl.CN(CCCl)CCCl.CN(CCO)CCO.C[N+](=O)[O-].[Li+].[OH-]. The maximum atomic E-state index is 9.96. The number of aliphatic hydroxyl groups excluding tert-OH is 2. The summed E-state index contributed by atoms with van der Waals surface area (Å²) in [5.74, 6) is 1.38. The number of nitro groups is 1. The van der Waals surface area contributed by atoms with Gasteiger partial charge in [-0.15, -0.1) is 46.4 Å². The molecule has 0 saturated carbocycles. The number of ether oxygens (including phenoxy) is 5. The zero-order valence-corrected chi connectivity index (χ0v) is 44.5. The summed E-state index contributed by atoms with van der Waals surface area (Å²) in [5, 5.41) is 33.2. The van der Waals surface area contributed by atoms with E-state index in [1.807, 2.05) is 26.0 Å². The molecule has 0 atom stereocenters. The Bertz CT molecular complexity index is 775. The quantitative estimate of drug-likeness (QED) is 0.0305. The van der Waals surface area contributed by atoms with Crippen molar-refractivity contribution in [2.75, 3.05) is 153 Å². The second-order valence-electron chi connectivity index (χ2n) is 10.6. The summed E-state index contributed by atoms with van der Waals surface area (Å²) in [4.78, 5) is 63.6. The number of carboxylic acid groups (broad SMARTS) is 1. The number of alkyl halides is 4. The van der Waals surface area contributed by atoms with Gasteiger partial charge in [-0.05, 0) is 28.2 Å². The van der Waals surface area contributed by atoms with Crippen LogP contribution in [0.15, 0.2) is 0 Å². The number of epoxide rings is 1. The molecule has 0 aromatic rings. The predicted molar refractivity (Wildman–Crippen MR) is 286 cm³/mol. The molecule has 0 bridgehead atoms. The number of carbonyl (C=O) groups excluding carboxylic acids is 4. The van der Waals surface area contributed by atoms with Crippen molar-refractivity contribution in [1.82, 2.24) is 14.7 Å². The molecule has 0 aromatic carbocycles. The first-order valence-corrected chi connectivity index (χ1v) is 21.5. The van der Waals surface area contributed by atoms with Crippen molar-refractivity contribution in [3.63, 3.8) is 0 Å². The molecule has 0 aliphatic carbocycles. The largest absolute Gasteiger partial charge is 1.00 e. The zero-order valence-electron chi connectivity index (χ0n) is 41.5. The van der Waals surface area contributed by atoms with Gasteiger partial charge < -0.3 is 64.9 Å². The van der Waals surface area contributed by atoms with Gasteiger partial charge in [-0.25, -0.2) is 0 Å². The average Bonchev–Trinajstić information content (AvgIpc) is 4.15. The van der Waals surface area contributed by atoms with Crippen LogP contribution in [-0.2, 0) is 47.7 Å². The number of carboxylic acids is 1. The number of hydrogen-bond acceptors (Lipinski definition) is 19. The third-order valence-corrected chi connectivity index (χ3v) is 6.08. The summed E-state index contributed by atoms with van der Waals surface area (Å²) in [6, 6.07) is 0. The molecule has 1 rings (SSSR count). The van der Waals surface area contributed by atoms with Gasteiger partial charge in [0, 0.05) is 99.8 Å². The fraction of sp³-hybridized carbons (Fsp3) is 0.884. The van der Waals surface area contributed by atoms with E-state index in [0.717, 1.165) is 46.4 Å². The Labute approximate surface area is 453 Å². The Balaban J connectivity index is -0.0000000288. The van der Waals surface area contributed by atoms with Crippen molar-refractivity contribution < 1.29 is 92.2 Å². The van der Waals surface area contributed by atoms with Crippen molar-refractivity contribution in [3.05, 3.63) is 10.1 Å². The summed E-state index contributed by atoms with van der Waals surface area (Å²) < 4.78 is 21.5. The molecule has 0 unspecified atom stereocenters. The number of halogens is 4. The van der Waals surface area contributed by atoms with Crippen molar-refractivity contribution in [3.8, 4) is 0 Å². The molecule has 0 spiro atoms. The number of methoxy groups -OCH3 is 4. The summed E-state index contributed by atoms with van der Waals surface area (Å²) in [6.45, 7) is 15.9. The summed E-state index contributed by atoms with van der Waals surface area (Å²) in [6.07, 6.45) is 2.10. The van der Waals surface area contributed by atoms with Gasteiger partial charge in [0.15, 0.2) is 7.05 Å². The third kappa shape index (κ3) is 220. The Hall–Kier alpha value is -1.81. The summed E-state index contributed by atoms with van der Waals surface area (Å²) in [7, 11) is 13.8. The Morgan fingerprint density at radius 2 is 0.696 bits per heavy atom. The van der Waals surface area contributed by atoms with Gasteiger partial charge in [-0.1, -0.05) is 71.8 Å². The second-order valence-corrected chi connectivity index (χ2v) is 12.1. The number of aliphatic hydroxyl groups is 2. The Kier molecular flexibility index (Phi) is 197. The fourth-order valence-electron chi connectivity index (χ4n) is 1.83. The van der Waals surface area contributed by atoms with E-state index in [9.17, 15) is 24.0 Å². The van der Waals surface area contributed by atoms with Gasteiger partial charge in [0.1, 0.15) is 0 Å². The Morgan fingerprint density at radius 1 is 0.551 bits per heavy atom. The van der Waals surface area contributed by atoms with Crippen LogP contribution in [0.2, 0.25) is 0 Å². The van der Waals surface area contributed by atoms with Crippen molar-refractivity contribution in [2.45, 2.75) is 104 Å². The number of likely N-dealkylation sites (N-methyl/N-ethyl adjacent to an activating group) is 1. The molecule has 1 aliphatic rings. The Morgan fingerprint density at radius 3 is 0.754 bits per heavy atom. The normalized spacial score (nSPS) is 8.35. The van der Waals surface area contributed by atoms with Gasteiger partial charge in [0.2, 0.25) is 0 Å². The molecule has 69 heavy (non-hydrogen) atoms. The first-order valence-electron chi connectivity index (χ1n) is 19.4. The molecule has 428 valence electrons. The van der Waals surface area contributed by atoms with E-state index in [1.54, 1.807) is 34.6 Å². The van der Waals surface area contributed by atoms with E-state index in [1.165, 1.54) is 35.5 Å². The molecule has 1 saturated heterocycles. The molecular weight excluding hydrogens is 991 g/mol. The molecule has 21 nitrogen and oxygen atoms in total. The number of aliphatic carboxylic acids is 1. The average molecular weight is 1100 g/mol. The van der Waals surface area contributed by atoms with Crippen LogP contribution in [0.3, 0.4) is 0 Å². The number of hydrogen-bond donors (Lipinski definition) is 4. The summed E-state index contributed by atoms with van der Waals surface area (Å²) >= 11 is 21.8. The van der Waals surface area contributed by atoms with E-state index >= 15 is 0 Å². The minimum atomic E-state index is -0.745. The minimum absolute atomic E-state index is 0. The number of esters is 4. The first-order chi connectivity index (χ1) is 29.2. The van der Waals surface area contributed by atoms with Crippen LogP contribution in [0.25, 0.3) is 0 Å². The molecule has 0 amide bonds. The molecule has 1 fully saturated rings. The fourth-order valence-corrected chi connectivity index (χ4v) is 2.99. The van der Waals surface area contributed by atoms with E-state index in [4.69, 9.17) is 71.8 Å². The maximum Gasteiger partial charge on any atom is 1.00 e. The van der Waals surface area contributed by atoms with Crippen molar-refractivity contribution in [2.24, 2.45) is 5.73 Å². The van der Waals surface area contributed by atoms with E-state index < -0.39 is 10.9 Å². The monoisotopic (exact) mass is 1100 g/mol. The van der Waals surface area contributed by atoms with Crippen LogP contribution < -0.4 is 24.6 Å². The van der Waals surface area contributed by atoms with Crippen LogP contribution in [0.4, 0.5) is 0 Å². The van der Waals surface area contributed by atoms with Crippen molar-refractivity contribution >= 4 is 76.3 Å². The second kappa shape index (κ2) is 116. The standard InChI is InChI=1S/2C5H11Cl2N.C5H13NO2.4C4H8O2.C3H6O2.C2H4O.CH3NO2.CH5N.5CH4.Li.H2O/c2*1-8(4-2-6)5-3-7;1-6(2-4-7)3-5-8;4*1-3-4(5)6-2;1-2-3(4)5;1-2-3-1;1-2(3)4;1-2;;;;;;;/h2*2-5H2,1H3;7-8H,2-5H2,1H3;4*3H2,1-2H3;2H2,1H3,(H,4,5);1-2H2;1H3;2H2,1H3;5*1H4;;1H2/q;;;;;;;;;;;;;;;;+1;/p-1. The van der Waals surface area contributed by atoms with Crippen molar-refractivity contribution in [1.29, 1.82) is 0 Å². The molecule has 0 radical (unpaired) electrons. The summed E-state index contributed by atoms with van der Waals surface area (Å²) in [5.41, 5.74) is 4.50. The topological polar surface area (TPSA) is 304 Å². The van der Waals surface area contributed by atoms with Gasteiger partial charge in [0.25, 0.3) is 0 Å². The number of nitrogens with zero attached hydrogens (tertiary/aromatic N) is 4. The van der Waals surface area contributed by atoms with Crippen LogP contribution in [0, 0.1) is 10.1 Å². The molecule has 1 heterocycles. The molecule has 26 heteroatoms. The van der Waals surface area contributed by atoms with Gasteiger partial charge in [0.05, 0.1) is 54.9 Å². The third-order valence-electron chi connectivity index (χ3n) is 5.40. The van der Waals surface area contributed by atoms with Gasteiger partial charge in [-0.3, -0.25) is 34.1 Å². The van der Waals surface area contributed by atoms with Crippen LogP contribution in [-0.4, -0.2) is 223 Å². The smallest absolute Gasteiger partial charge is 0.870 e. The first kappa shape index (κ1) is 117. The van der Waals surface area contributed by atoms with E-state index in [2.05, 4.69) is 39.2 Å². The molecule has 0 aromatic heterocycles. The van der Waals surface area contributed by atoms with Gasteiger partial charge in [-0.2, -0.15) is 0 Å².